The molecule has 1 saturated carbocycles. The lowest BCUT2D eigenvalue weighted by Crippen LogP contribution is -2.43. The average Bonchev–Trinajstić information content (AvgIpc) is 3.60. The highest BCUT2D eigenvalue weighted by Crippen LogP contribution is 2.40. The molecule has 180 valence electrons. The van der Waals surface area contributed by atoms with Gasteiger partial charge in [0.05, 0.1) is 6.54 Å². The van der Waals surface area contributed by atoms with Crippen molar-refractivity contribution in [1.29, 1.82) is 0 Å². The van der Waals surface area contributed by atoms with Crippen molar-refractivity contribution in [3.8, 4) is 5.75 Å². The molecule has 0 radical (unpaired) electrons. The van der Waals surface area contributed by atoms with Gasteiger partial charge in [-0.1, -0.05) is 30.3 Å². The number of rotatable bonds is 6. The summed E-state index contributed by atoms with van der Waals surface area (Å²) in [4.78, 5) is 25.9. The Hall–Kier alpha value is -3.34. The summed E-state index contributed by atoms with van der Waals surface area (Å²) in [6.45, 7) is 0.547. The molecule has 2 heterocycles. The molecule has 0 unspecified atom stereocenters. The van der Waals surface area contributed by atoms with Crippen LogP contribution >= 0.6 is 0 Å². The van der Waals surface area contributed by atoms with Crippen LogP contribution in [0.2, 0.25) is 0 Å². The van der Waals surface area contributed by atoms with Crippen molar-refractivity contribution in [2.45, 2.75) is 32.4 Å². The van der Waals surface area contributed by atoms with Crippen LogP contribution in [-0.2, 0) is 34.6 Å². The number of benzene rings is 2. The van der Waals surface area contributed by atoms with Gasteiger partial charge in [-0.3, -0.25) is 4.79 Å². The van der Waals surface area contributed by atoms with Crippen LogP contribution in [-0.4, -0.2) is 44.9 Å². The van der Waals surface area contributed by atoms with Gasteiger partial charge >= 0.3 is 16.2 Å². The molecule has 2 fully saturated rings. The fourth-order valence-electron chi connectivity index (χ4n) is 4.19. The van der Waals surface area contributed by atoms with Gasteiger partial charge in [-0.2, -0.15) is 8.42 Å². The summed E-state index contributed by atoms with van der Waals surface area (Å²) in [5.74, 6) is -1.02. The van der Waals surface area contributed by atoms with Gasteiger partial charge in [0.15, 0.2) is 5.82 Å². The van der Waals surface area contributed by atoms with E-state index >= 15 is 4.39 Å². The minimum atomic E-state index is -4.26. The summed E-state index contributed by atoms with van der Waals surface area (Å²) in [5, 5.41) is 2.88. The van der Waals surface area contributed by atoms with Crippen LogP contribution in [0.1, 0.15) is 29.5 Å². The number of nitrogens with zero attached hydrogens (tertiary/aromatic N) is 2. The Balaban J connectivity index is 1.47. The zero-order chi connectivity index (χ0) is 23.9. The summed E-state index contributed by atoms with van der Waals surface area (Å²) in [7, 11) is -4.26. The molecule has 0 atom stereocenters. The molecule has 5 rings (SSSR count). The van der Waals surface area contributed by atoms with E-state index in [-0.39, 0.29) is 36.2 Å². The molecule has 2 aliphatic heterocycles. The van der Waals surface area contributed by atoms with Crippen molar-refractivity contribution in [3.63, 3.8) is 0 Å². The summed E-state index contributed by atoms with van der Waals surface area (Å²) in [5.41, 5.74) is 1.37. The average molecular weight is 489 g/mol. The van der Waals surface area contributed by atoms with Gasteiger partial charge in [0, 0.05) is 18.7 Å². The maximum Gasteiger partial charge on any atom is 0.326 e. The molecule has 1 aliphatic carbocycles. The molecule has 34 heavy (non-hydrogen) atoms. The van der Waals surface area contributed by atoms with E-state index in [1.54, 1.807) is 6.07 Å². The number of carbonyl (C=O) groups is 2. The first-order valence-corrected chi connectivity index (χ1v) is 12.6. The molecular formula is C23H25FN4O5S. The maximum atomic E-state index is 15.9. The number of nitrogens with one attached hydrogen (secondary N) is 2. The number of carbonyl (C=O) groups excluding carboxylic acids is 2. The number of fused-ring (bicyclic) bond motifs is 1. The van der Waals surface area contributed by atoms with Crippen LogP contribution in [0.5, 0.6) is 5.75 Å². The Morgan fingerprint density at radius 3 is 2.65 bits per heavy atom. The fourth-order valence-corrected chi connectivity index (χ4v) is 5.35. The number of hydrogen-bond acceptors (Lipinski definition) is 5. The van der Waals surface area contributed by atoms with Gasteiger partial charge in [0.2, 0.25) is 0 Å². The fraction of sp³-hybridized carbons (Fsp3) is 0.391. The summed E-state index contributed by atoms with van der Waals surface area (Å²) in [6.07, 6.45) is 2.60. The van der Waals surface area contributed by atoms with Crippen LogP contribution in [0.4, 0.5) is 14.9 Å². The highest BCUT2D eigenvalue weighted by molar-refractivity contribution is 7.92. The Morgan fingerprint density at radius 2 is 1.97 bits per heavy atom. The van der Waals surface area contributed by atoms with Gasteiger partial charge in [-0.05, 0) is 42.4 Å². The van der Waals surface area contributed by atoms with E-state index in [2.05, 4.69) is 5.32 Å². The van der Waals surface area contributed by atoms with E-state index in [1.807, 2.05) is 35.1 Å². The number of hydrogen-bond donors (Lipinski definition) is 2. The van der Waals surface area contributed by atoms with Crippen LogP contribution in [0, 0.1) is 11.7 Å². The maximum absolute atomic E-state index is 15.9. The van der Waals surface area contributed by atoms with Crippen molar-refractivity contribution in [2.75, 3.05) is 23.9 Å². The number of ether oxygens (including phenoxy) is 1. The van der Waals surface area contributed by atoms with Crippen molar-refractivity contribution in [2.24, 2.45) is 5.92 Å². The third-order valence-electron chi connectivity index (χ3n) is 6.23. The smallest absolute Gasteiger partial charge is 0.326 e. The molecule has 2 aromatic carbocycles. The SMILES string of the molecule is O=C1CN(c2c(OCc3ccccc3)cc3c(c2F)CN(C(=O)NCC2CC2)CC3)S(=O)(=O)N1. The molecule has 9 nitrogen and oxygen atoms in total. The minimum Gasteiger partial charge on any atom is -0.487 e. The van der Waals surface area contributed by atoms with Crippen LogP contribution in [0.15, 0.2) is 36.4 Å². The number of amides is 3. The van der Waals surface area contributed by atoms with Crippen LogP contribution in [0.3, 0.4) is 0 Å². The van der Waals surface area contributed by atoms with E-state index in [1.165, 1.54) is 4.90 Å². The van der Waals surface area contributed by atoms with E-state index < -0.39 is 28.5 Å². The predicted molar refractivity (Wildman–Crippen MR) is 122 cm³/mol. The minimum absolute atomic E-state index is 0.00110. The van der Waals surface area contributed by atoms with Crippen LogP contribution < -0.4 is 19.1 Å². The normalized spacial score (nSPS) is 18.9. The Kier molecular flexibility index (Phi) is 5.80. The zero-order valence-corrected chi connectivity index (χ0v) is 19.2. The monoisotopic (exact) mass is 488 g/mol. The lowest BCUT2D eigenvalue weighted by atomic mass is 9.97. The van der Waals surface area contributed by atoms with Crippen molar-refractivity contribution in [3.05, 3.63) is 58.9 Å². The first kappa shape index (κ1) is 22.5. The predicted octanol–water partition coefficient (Wildman–Crippen LogP) is 2.06. The van der Waals surface area contributed by atoms with Gasteiger partial charge in [-0.25, -0.2) is 18.2 Å². The number of halogens is 1. The quantitative estimate of drug-likeness (QED) is 0.647. The van der Waals surface area contributed by atoms with E-state index in [0.717, 1.165) is 18.4 Å². The van der Waals surface area contributed by atoms with Gasteiger partial charge < -0.3 is 15.0 Å². The van der Waals surface area contributed by atoms with E-state index in [4.69, 9.17) is 4.74 Å². The zero-order valence-electron chi connectivity index (χ0n) is 18.4. The first-order chi connectivity index (χ1) is 16.3. The lowest BCUT2D eigenvalue weighted by Gasteiger charge is -2.31. The molecule has 1 saturated heterocycles. The molecule has 2 aromatic rings. The second-order valence-electron chi connectivity index (χ2n) is 8.79. The highest BCUT2D eigenvalue weighted by Gasteiger charge is 2.39. The summed E-state index contributed by atoms with van der Waals surface area (Å²) < 4.78 is 49.5. The lowest BCUT2D eigenvalue weighted by molar-refractivity contribution is -0.117. The molecule has 3 amide bonds. The molecular weight excluding hydrogens is 463 g/mol. The third-order valence-corrected chi connectivity index (χ3v) is 7.61. The third kappa shape index (κ3) is 4.52. The first-order valence-electron chi connectivity index (χ1n) is 11.2. The second-order valence-corrected chi connectivity index (χ2v) is 10.4. The molecule has 0 spiro atoms. The van der Waals surface area contributed by atoms with Crippen molar-refractivity contribution >= 4 is 27.8 Å². The van der Waals surface area contributed by atoms with Crippen LogP contribution in [0.25, 0.3) is 0 Å². The standard InChI is InChI=1S/C23H25FN4O5S/c24-21-18-12-27(23(30)25-11-15-6-7-15)9-8-17(18)10-19(33-14-16-4-2-1-3-5-16)22(21)28-13-20(29)26-34(28,31)32/h1-5,10,15H,6-9,11-14H2,(H,25,30)(H,26,29). The Bertz CT molecular complexity index is 1230. The van der Waals surface area contributed by atoms with Crippen molar-refractivity contribution in [1.82, 2.24) is 14.9 Å². The Labute approximate surface area is 197 Å². The Morgan fingerprint density at radius 1 is 1.21 bits per heavy atom. The highest BCUT2D eigenvalue weighted by atomic mass is 32.2. The second kappa shape index (κ2) is 8.79. The topological polar surface area (TPSA) is 108 Å². The summed E-state index contributed by atoms with van der Waals surface area (Å²) in [6, 6.07) is 10.6. The van der Waals surface area contributed by atoms with Gasteiger partial charge in [-0.15, -0.1) is 0 Å². The molecule has 0 aromatic heterocycles. The number of anilines is 1. The largest absolute Gasteiger partial charge is 0.487 e. The molecule has 0 bridgehead atoms. The van der Waals surface area contributed by atoms with Crippen molar-refractivity contribution < 1.29 is 27.1 Å². The summed E-state index contributed by atoms with van der Waals surface area (Å²) >= 11 is 0. The van der Waals surface area contributed by atoms with E-state index in [9.17, 15) is 18.0 Å². The molecule has 3 aliphatic rings. The van der Waals surface area contributed by atoms with E-state index in [0.29, 0.717) is 35.3 Å². The number of urea groups is 1. The van der Waals surface area contributed by atoms with Gasteiger partial charge in [0.1, 0.15) is 24.6 Å². The van der Waals surface area contributed by atoms with Gasteiger partial charge in [0.25, 0.3) is 5.91 Å². The molecule has 11 heteroatoms. The molecule has 2 N–H and O–H groups in total.